The van der Waals surface area contributed by atoms with E-state index in [2.05, 4.69) is 30.5 Å². The van der Waals surface area contributed by atoms with Crippen LogP contribution in [0.1, 0.15) is 17.8 Å². The summed E-state index contributed by atoms with van der Waals surface area (Å²) < 4.78 is 81.5. The third-order valence-electron chi connectivity index (χ3n) is 6.44. The Balaban J connectivity index is 1.80. The molecule has 2 aromatic carbocycles. The fourth-order valence-corrected chi connectivity index (χ4v) is 7.98. The topological polar surface area (TPSA) is 198 Å². The molecule has 1 aromatic heterocycles. The molecule has 2 aliphatic rings. The number of aromatic amines is 1. The standard InChI is InChI=1S/C22H24F2N8O4S2/c23-22(24,10-25)21-30-15-3-1-2-14(18(15)31-21)13-4-5-16(37(33,34)9-12-6-7-27-8-12)19(38(26,35)36)17(13)20-28-11-29-32-20/h1-5,12,27H,6-11,25H2,(H,30,31)(H2,26,35,36)/t12-/m0/s1. The zero-order valence-corrected chi connectivity index (χ0v) is 21.5. The number of aliphatic imine (C=N–C) groups is 1. The third-order valence-corrected chi connectivity index (χ3v) is 9.48. The molecule has 3 aromatic rings. The molecule has 6 N–H and O–H groups in total. The number of primary sulfonamides is 1. The Bertz CT molecular complexity index is 1700. The van der Waals surface area contributed by atoms with E-state index in [9.17, 15) is 25.6 Å². The zero-order valence-electron chi connectivity index (χ0n) is 19.9. The highest BCUT2D eigenvalue weighted by Gasteiger charge is 2.36. The Hall–Kier alpha value is -3.18. The van der Waals surface area contributed by atoms with Gasteiger partial charge in [-0.1, -0.05) is 18.2 Å². The van der Waals surface area contributed by atoms with Crippen LogP contribution in [0.4, 0.5) is 8.78 Å². The number of halogens is 2. The lowest BCUT2D eigenvalue weighted by Crippen LogP contribution is -2.26. The van der Waals surface area contributed by atoms with Crippen molar-refractivity contribution in [3.05, 3.63) is 41.7 Å². The number of aromatic nitrogens is 2. The molecule has 2 aliphatic heterocycles. The van der Waals surface area contributed by atoms with Crippen LogP contribution in [0.5, 0.6) is 0 Å². The molecule has 12 nitrogen and oxygen atoms in total. The lowest BCUT2D eigenvalue weighted by molar-refractivity contribution is -0.00236. The first-order chi connectivity index (χ1) is 17.9. The van der Waals surface area contributed by atoms with Crippen molar-refractivity contribution < 1.29 is 25.6 Å². The number of alkyl halides is 2. The number of nitrogens with zero attached hydrogens (tertiary/aromatic N) is 4. The third kappa shape index (κ3) is 4.73. The fraction of sp³-hybridized carbons (Fsp3) is 0.364. The van der Waals surface area contributed by atoms with E-state index >= 15 is 0 Å². The zero-order chi connectivity index (χ0) is 27.3. The van der Waals surface area contributed by atoms with Crippen LogP contribution < -0.4 is 16.2 Å². The second kappa shape index (κ2) is 9.53. The number of sulfonamides is 1. The molecule has 0 saturated carbocycles. The van der Waals surface area contributed by atoms with Gasteiger partial charge in [0.1, 0.15) is 4.90 Å². The number of amidine groups is 1. The maximum absolute atomic E-state index is 14.3. The van der Waals surface area contributed by atoms with E-state index in [-0.39, 0.29) is 51.9 Å². The maximum atomic E-state index is 14.3. The minimum atomic E-state index is -4.67. The van der Waals surface area contributed by atoms with Crippen LogP contribution in [0, 0.1) is 5.92 Å². The van der Waals surface area contributed by atoms with Gasteiger partial charge >= 0.3 is 5.92 Å². The number of benzene rings is 2. The van der Waals surface area contributed by atoms with E-state index in [1.54, 1.807) is 6.07 Å². The van der Waals surface area contributed by atoms with Gasteiger partial charge in [-0.15, -0.1) is 5.11 Å². The van der Waals surface area contributed by atoms with Crippen LogP contribution in [0.3, 0.4) is 0 Å². The van der Waals surface area contributed by atoms with Crippen molar-refractivity contribution in [3.8, 4) is 11.1 Å². The molecular weight excluding hydrogens is 542 g/mol. The van der Waals surface area contributed by atoms with Gasteiger partial charge in [-0.05, 0) is 43.1 Å². The maximum Gasteiger partial charge on any atom is 0.316 e. The Labute approximate surface area is 216 Å². The van der Waals surface area contributed by atoms with Crippen molar-refractivity contribution in [1.29, 1.82) is 0 Å². The number of sulfone groups is 1. The highest BCUT2D eigenvalue weighted by molar-refractivity contribution is 7.93. The first-order valence-electron chi connectivity index (χ1n) is 11.6. The lowest BCUT2D eigenvalue weighted by atomic mass is 9.97. The molecule has 0 amide bonds. The van der Waals surface area contributed by atoms with E-state index in [1.807, 2.05) is 0 Å². The van der Waals surface area contributed by atoms with E-state index in [1.165, 1.54) is 18.2 Å². The summed E-state index contributed by atoms with van der Waals surface area (Å²) in [5, 5.41) is 16.4. The number of nitrogens with one attached hydrogen (secondary N) is 2. The van der Waals surface area contributed by atoms with Crippen LogP contribution in [0.15, 0.2) is 55.3 Å². The minimum Gasteiger partial charge on any atom is -0.337 e. The van der Waals surface area contributed by atoms with Crippen LogP contribution in [-0.4, -0.2) is 64.7 Å². The Morgan fingerprint density at radius 3 is 2.53 bits per heavy atom. The quantitative estimate of drug-likeness (QED) is 0.316. The fourth-order valence-electron chi connectivity index (χ4n) is 4.67. The second-order valence-corrected chi connectivity index (χ2v) is 12.6. The average Bonchev–Trinajstić information content (AvgIpc) is 3.64. The number of para-hydroxylation sites is 1. The summed E-state index contributed by atoms with van der Waals surface area (Å²) in [4.78, 5) is 9.55. The largest absolute Gasteiger partial charge is 0.337 e. The number of hydrogen-bond acceptors (Lipinski definition) is 10. The molecule has 0 spiro atoms. The van der Waals surface area contributed by atoms with Crippen molar-refractivity contribution in [2.75, 3.05) is 32.1 Å². The number of azo groups is 1. The monoisotopic (exact) mass is 566 g/mol. The van der Waals surface area contributed by atoms with E-state index < -0.39 is 47.9 Å². The molecule has 1 saturated heterocycles. The molecule has 0 bridgehead atoms. The molecular formula is C22H24F2N8O4S2. The van der Waals surface area contributed by atoms with E-state index in [0.717, 1.165) is 6.07 Å². The second-order valence-electron chi connectivity index (χ2n) is 9.06. The van der Waals surface area contributed by atoms with Gasteiger partial charge in [-0.25, -0.2) is 32.0 Å². The summed E-state index contributed by atoms with van der Waals surface area (Å²) >= 11 is 0. The highest BCUT2D eigenvalue weighted by Crippen LogP contribution is 2.39. The van der Waals surface area contributed by atoms with Crippen LogP contribution in [-0.2, 0) is 25.8 Å². The van der Waals surface area contributed by atoms with Gasteiger partial charge in [-0.2, -0.15) is 13.9 Å². The molecule has 1 fully saturated rings. The van der Waals surface area contributed by atoms with Gasteiger partial charge in [0.2, 0.25) is 10.0 Å². The summed E-state index contributed by atoms with van der Waals surface area (Å²) in [6.45, 7) is 0.0431. The molecule has 1 atom stereocenters. The lowest BCUT2D eigenvalue weighted by Gasteiger charge is -2.18. The average molecular weight is 567 g/mol. The van der Waals surface area contributed by atoms with Crippen molar-refractivity contribution in [2.24, 2.45) is 32.0 Å². The van der Waals surface area contributed by atoms with Gasteiger partial charge in [0.05, 0.1) is 33.8 Å². The van der Waals surface area contributed by atoms with Crippen molar-refractivity contribution >= 4 is 36.7 Å². The van der Waals surface area contributed by atoms with Crippen LogP contribution >= 0.6 is 0 Å². The first-order valence-corrected chi connectivity index (χ1v) is 14.8. The van der Waals surface area contributed by atoms with Gasteiger partial charge in [-0.3, -0.25) is 0 Å². The summed E-state index contributed by atoms with van der Waals surface area (Å²) in [5.41, 5.74) is 5.69. The van der Waals surface area contributed by atoms with Gasteiger partial charge in [0.15, 0.2) is 28.2 Å². The predicted molar refractivity (Wildman–Crippen MR) is 135 cm³/mol. The first kappa shape index (κ1) is 26.4. The number of rotatable bonds is 8. The van der Waals surface area contributed by atoms with Crippen molar-refractivity contribution in [2.45, 2.75) is 22.1 Å². The van der Waals surface area contributed by atoms with Crippen molar-refractivity contribution in [3.63, 3.8) is 0 Å². The Kier molecular flexibility index (Phi) is 6.63. The molecule has 3 heterocycles. The number of hydrogen-bond donors (Lipinski definition) is 4. The minimum absolute atomic E-state index is 0.0837. The molecule has 0 unspecified atom stereocenters. The highest BCUT2D eigenvalue weighted by atomic mass is 32.2. The molecule has 0 radical (unpaired) electrons. The van der Waals surface area contributed by atoms with E-state index in [4.69, 9.17) is 10.9 Å². The van der Waals surface area contributed by atoms with E-state index in [0.29, 0.717) is 19.5 Å². The predicted octanol–water partition coefficient (Wildman–Crippen LogP) is 1.48. The molecule has 38 heavy (non-hydrogen) atoms. The Morgan fingerprint density at radius 2 is 1.89 bits per heavy atom. The summed E-state index contributed by atoms with van der Waals surface area (Å²) in [6.07, 6.45) is 0.618. The summed E-state index contributed by atoms with van der Waals surface area (Å²) in [5.74, 6) is -4.76. The number of fused-ring (bicyclic) bond motifs is 1. The van der Waals surface area contributed by atoms with Gasteiger partial charge in [0, 0.05) is 5.56 Å². The van der Waals surface area contributed by atoms with Gasteiger partial charge in [0.25, 0.3) is 0 Å². The van der Waals surface area contributed by atoms with Crippen LogP contribution in [0.25, 0.3) is 22.2 Å². The number of H-pyrrole nitrogens is 1. The number of nitrogens with two attached hydrogens (primary N) is 2. The molecule has 16 heteroatoms. The summed E-state index contributed by atoms with van der Waals surface area (Å²) in [6, 6.07) is 7.14. The van der Waals surface area contributed by atoms with Crippen LogP contribution in [0.2, 0.25) is 0 Å². The summed E-state index contributed by atoms with van der Waals surface area (Å²) in [7, 11) is -8.80. The smallest absolute Gasteiger partial charge is 0.316 e. The molecule has 0 aliphatic carbocycles. The molecule has 5 rings (SSSR count). The van der Waals surface area contributed by atoms with Crippen molar-refractivity contribution in [1.82, 2.24) is 15.3 Å². The molecule has 202 valence electrons. The Morgan fingerprint density at radius 1 is 1.11 bits per heavy atom. The SMILES string of the molecule is NCC(F)(F)c1nc2c(-c3ccc(S(=O)(=O)C[C@H]4CCNC4)c(S(N)(=O)=O)c3C3=NCN=N3)cccc2[nH]1. The van der Waals surface area contributed by atoms with Gasteiger partial charge < -0.3 is 16.0 Å². The number of imidazole rings is 1. The normalized spacial score (nSPS) is 18.4.